The van der Waals surface area contributed by atoms with E-state index in [0.717, 1.165) is 22.2 Å². The SMILES string of the molecule is CC(C)NCc1cc(Cl)ccc1-c1ccc(Cl)cc1. The standard InChI is InChI=1S/C16H17Cl2N/c1-11(2)19-10-13-9-15(18)7-8-16(13)12-3-5-14(17)6-4-12/h3-9,11,19H,10H2,1-2H3. The molecule has 0 bridgehead atoms. The fourth-order valence-corrected chi connectivity index (χ4v) is 2.25. The molecule has 0 fully saturated rings. The third-order valence-corrected chi connectivity index (χ3v) is 3.41. The third kappa shape index (κ3) is 3.97. The Kier molecular flexibility index (Phi) is 4.87. The van der Waals surface area contributed by atoms with Crippen LogP contribution in [-0.2, 0) is 6.54 Å². The van der Waals surface area contributed by atoms with Gasteiger partial charge in [0.15, 0.2) is 0 Å². The van der Waals surface area contributed by atoms with E-state index in [9.17, 15) is 0 Å². The fraction of sp³-hybridized carbons (Fsp3) is 0.250. The minimum Gasteiger partial charge on any atom is -0.310 e. The second-order valence-corrected chi connectivity index (χ2v) is 5.72. The Morgan fingerprint density at radius 1 is 0.947 bits per heavy atom. The van der Waals surface area contributed by atoms with Crippen molar-refractivity contribution in [3.8, 4) is 11.1 Å². The first-order valence-corrected chi connectivity index (χ1v) is 7.09. The van der Waals surface area contributed by atoms with E-state index in [2.05, 4.69) is 25.2 Å². The number of benzene rings is 2. The highest BCUT2D eigenvalue weighted by molar-refractivity contribution is 6.31. The Bertz CT molecular complexity index is 547. The average Bonchev–Trinajstić information content (AvgIpc) is 2.38. The second-order valence-electron chi connectivity index (χ2n) is 4.84. The zero-order chi connectivity index (χ0) is 13.8. The Balaban J connectivity index is 2.35. The molecule has 0 heterocycles. The molecule has 0 aliphatic carbocycles. The first-order valence-electron chi connectivity index (χ1n) is 6.34. The Labute approximate surface area is 124 Å². The molecule has 2 aromatic carbocycles. The van der Waals surface area contributed by atoms with Gasteiger partial charge < -0.3 is 5.32 Å². The maximum atomic E-state index is 6.10. The predicted octanol–water partition coefficient (Wildman–Crippen LogP) is 5.16. The first kappa shape index (κ1) is 14.4. The fourth-order valence-electron chi connectivity index (χ4n) is 1.93. The van der Waals surface area contributed by atoms with Gasteiger partial charge in [0, 0.05) is 22.6 Å². The zero-order valence-corrected chi connectivity index (χ0v) is 12.6. The first-order chi connectivity index (χ1) is 9.06. The molecule has 1 N–H and O–H groups in total. The molecule has 2 aromatic rings. The van der Waals surface area contributed by atoms with Gasteiger partial charge >= 0.3 is 0 Å². The van der Waals surface area contributed by atoms with Gasteiger partial charge in [0.1, 0.15) is 0 Å². The second kappa shape index (κ2) is 6.42. The van der Waals surface area contributed by atoms with Gasteiger partial charge in [0.05, 0.1) is 0 Å². The van der Waals surface area contributed by atoms with Crippen molar-refractivity contribution >= 4 is 23.2 Å². The van der Waals surface area contributed by atoms with E-state index in [0.29, 0.717) is 6.04 Å². The smallest absolute Gasteiger partial charge is 0.0409 e. The lowest BCUT2D eigenvalue weighted by molar-refractivity contribution is 0.589. The van der Waals surface area contributed by atoms with E-state index in [1.165, 1.54) is 11.1 Å². The molecule has 0 saturated heterocycles. The van der Waals surface area contributed by atoms with Crippen molar-refractivity contribution in [3.05, 3.63) is 58.1 Å². The molecule has 0 aromatic heterocycles. The highest BCUT2D eigenvalue weighted by Crippen LogP contribution is 2.27. The number of rotatable bonds is 4. The van der Waals surface area contributed by atoms with Gasteiger partial charge in [0.2, 0.25) is 0 Å². The highest BCUT2D eigenvalue weighted by Gasteiger charge is 2.06. The summed E-state index contributed by atoms with van der Waals surface area (Å²) in [5.74, 6) is 0. The number of halogens is 2. The van der Waals surface area contributed by atoms with Gasteiger partial charge in [-0.3, -0.25) is 0 Å². The van der Waals surface area contributed by atoms with Crippen molar-refractivity contribution in [3.63, 3.8) is 0 Å². The number of hydrogen-bond donors (Lipinski definition) is 1. The van der Waals surface area contributed by atoms with Crippen molar-refractivity contribution in [1.82, 2.24) is 5.32 Å². The maximum absolute atomic E-state index is 6.10. The largest absolute Gasteiger partial charge is 0.310 e. The van der Waals surface area contributed by atoms with Crippen LogP contribution in [0.15, 0.2) is 42.5 Å². The summed E-state index contributed by atoms with van der Waals surface area (Å²) in [6.45, 7) is 5.06. The van der Waals surface area contributed by atoms with Crippen molar-refractivity contribution in [2.24, 2.45) is 0 Å². The van der Waals surface area contributed by atoms with Crippen molar-refractivity contribution in [2.75, 3.05) is 0 Å². The van der Waals surface area contributed by atoms with Crippen LogP contribution in [0, 0.1) is 0 Å². The van der Waals surface area contributed by atoms with E-state index in [-0.39, 0.29) is 0 Å². The normalized spacial score (nSPS) is 11.0. The molecule has 0 unspecified atom stereocenters. The summed E-state index contributed by atoms with van der Waals surface area (Å²) in [4.78, 5) is 0. The van der Waals surface area contributed by atoms with Crippen LogP contribution in [0.1, 0.15) is 19.4 Å². The van der Waals surface area contributed by atoms with E-state index < -0.39 is 0 Å². The van der Waals surface area contributed by atoms with Crippen molar-refractivity contribution < 1.29 is 0 Å². The van der Waals surface area contributed by atoms with Gasteiger partial charge in [-0.25, -0.2) is 0 Å². The van der Waals surface area contributed by atoms with Crippen LogP contribution >= 0.6 is 23.2 Å². The summed E-state index contributed by atoms with van der Waals surface area (Å²) in [5, 5.41) is 4.94. The molecule has 0 spiro atoms. The van der Waals surface area contributed by atoms with Crippen LogP contribution in [0.4, 0.5) is 0 Å². The molecule has 19 heavy (non-hydrogen) atoms. The molecular formula is C16H17Cl2N. The quantitative estimate of drug-likeness (QED) is 0.821. The number of nitrogens with one attached hydrogen (secondary N) is 1. The summed E-state index contributed by atoms with van der Waals surface area (Å²) >= 11 is 12.0. The molecule has 0 amide bonds. The molecule has 100 valence electrons. The highest BCUT2D eigenvalue weighted by atomic mass is 35.5. The van der Waals surface area contributed by atoms with Crippen LogP contribution in [0.2, 0.25) is 10.0 Å². The topological polar surface area (TPSA) is 12.0 Å². The zero-order valence-electron chi connectivity index (χ0n) is 11.1. The summed E-state index contributed by atoms with van der Waals surface area (Å²) in [7, 11) is 0. The van der Waals surface area contributed by atoms with Gasteiger partial charge in [-0.1, -0.05) is 55.2 Å². The van der Waals surface area contributed by atoms with Crippen molar-refractivity contribution in [1.29, 1.82) is 0 Å². The predicted molar refractivity (Wildman–Crippen MR) is 83.9 cm³/mol. The molecule has 1 nitrogen and oxygen atoms in total. The molecule has 0 saturated carbocycles. The van der Waals surface area contributed by atoms with E-state index in [1.54, 1.807) is 0 Å². The summed E-state index contributed by atoms with van der Waals surface area (Å²) in [5.41, 5.74) is 3.54. The molecule has 0 aliphatic heterocycles. The van der Waals surface area contributed by atoms with Gasteiger partial charge in [0.25, 0.3) is 0 Å². The minimum absolute atomic E-state index is 0.442. The average molecular weight is 294 g/mol. The molecule has 0 aliphatic rings. The van der Waals surface area contributed by atoms with E-state index in [1.807, 2.05) is 36.4 Å². The molecule has 0 radical (unpaired) electrons. The summed E-state index contributed by atoms with van der Waals surface area (Å²) in [6.07, 6.45) is 0. The van der Waals surface area contributed by atoms with Crippen molar-refractivity contribution in [2.45, 2.75) is 26.4 Å². The number of hydrogen-bond acceptors (Lipinski definition) is 1. The van der Waals surface area contributed by atoms with E-state index >= 15 is 0 Å². The molecule has 0 atom stereocenters. The van der Waals surface area contributed by atoms with Crippen LogP contribution < -0.4 is 5.32 Å². The van der Waals surface area contributed by atoms with Crippen LogP contribution in [0.25, 0.3) is 11.1 Å². The summed E-state index contributed by atoms with van der Waals surface area (Å²) < 4.78 is 0. The van der Waals surface area contributed by atoms with Crippen LogP contribution in [0.3, 0.4) is 0 Å². The van der Waals surface area contributed by atoms with E-state index in [4.69, 9.17) is 23.2 Å². The lowest BCUT2D eigenvalue weighted by atomic mass is 9.99. The Morgan fingerprint density at radius 3 is 2.21 bits per heavy atom. The van der Waals surface area contributed by atoms with Crippen LogP contribution in [0.5, 0.6) is 0 Å². The lowest BCUT2D eigenvalue weighted by Crippen LogP contribution is -2.22. The maximum Gasteiger partial charge on any atom is 0.0409 e. The van der Waals surface area contributed by atoms with Crippen LogP contribution in [-0.4, -0.2) is 6.04 Å². The van der Waals surface area contributed by atoms with Gasteiger partial charge in [-0.15, -0.1) is 0 Å². The monoisotopic (exact) mass is 293 g/mol. The summed E-state index contributed by atoms with van der Waals surface area (Å²) in [6, 6.07) is 14.3. The minimum atomic E-state index is 0.442. The van der Waals surface area contributed by atoms with Gasteiger partial charge in [-0.05, 0) is 41.0 Å². The Morgan fingerprint density at radius 2 is 1.58 bits per heavy atom. The Hall–Kier alpha value is -1.02. The third-order valence-electron chi connectivity index (χ3n) is 2.92. The molecule has 3 heteroatoms. The molecular weight excluding hydrogens is 277 g/mol. The van der Waals surface area contributed by atoms with Gasteiger partial charge in [-0.2, -0.15) is 0 Å². The lowest BCUT2D eigenvalue weighted by Gasteiger charge is -2.13. The molecule has 2 rings (SSSR count).